The highest BCUT2D eigenvalue weighted by atomic mass is 16.6. The van der Waals surface area contributed by atoms with Crippen LogP contribution in [0.1, 0.15) is 25.8 Å². The monoisotopic (exact) mass is 292 g/mol. The van der Waals surface area contributed by atoms with E-state index >= 15 is 0 Å². The van der Waals surface area contributed by atoms with Crippen molar-refractivity contribution >= 4 is 17.7 Å². The third-order valence-corrected chi connectivity index (χ3v) is 2.83. The Labute approximate surface area is 123 Å². The Balaban J connectivity index is 2.65. The first kappa shape index (κ1) is 16.8. The molecular formula is C15H20N2O4. The first-order chi connectivity index (χ1) is 9.92. The van der Waals surface area contributed by atoms with Gasteiger partial charge in [0.25, 0.3) is 5.69 Å². The van der Waals surface area contributed by atoms with Gasteiger partial charge in [0.05, 0.1) is 17.6 Å². The van der Waals surface area contributed by atoms with E-state index in [0.29, 0.717) is 17.9 Å². The summed E-state index contributed by atoms with van der Waals surface area (Å²) in [6.07, 6.45) is 3.50. The lowest BCUT2D eigenvalue weighted by Crippen LogP contribution is -2.37. The first-order valence-electron chi connectivity index (χ1n) is 6.76. The maximum Gasteiger partial charge on any atom is 0.270 e. The Hall–Kier alpha value is -2.21. The third kappa shape index (κ3) is 6.18. The minimum atomic E-state index is -0.484. The quantitative estimate of drug-likeness (QED) is 0.457. The molecular weight excluding hydrogens is 272 g/mol. The molecule has 1 atom stereocenters. The van der Waals surface area contributed by atoms with Gasteiger partial charge in [-0.1, -0.05) is 26.0 Å². The highest BCUT2D eigenvalue weighted by Crippen LogP contribution is 2.14. The van der Waals surface area contributed by atoms with E-state index in [2.05, 4.69) is 5.32 Å². The molecule has 0 aliphatic rings. The SMILES string of the molecule is CC(C)CC(CO)NC(=O)/C=C/c1cccc([N+](=O)[O-])c1. The van der Waals surface area contributed by atoms with Crippen LogP contribution in [0.25, 0.3) is 6.08 Å². The lowest BCUT2D eigenvalue weighted by Gasteiger charge is -2.17. The Morgan fingerprint density at radius 3 is 2.76 bits per heavy atom. The highest BCUT2D eigenvalue weighted by Gasteiger charge is 2.11. The Morgan fingerprint density at radius 2 is 2.19 bits per heavy atom. The molecule has 1 unspecified atom stereocenters. The summed E-state index contributed by atoms with van der Waals surface area (Å²) in [6.45, 7) is 3.90. The van der Waals surface area contributed by atoms with Gasteiger partial charge in [-0.15, -0.1) is 0 Å². The smallest absolute Gasteiger partial charge is 0.270 e. The zero-order valence-electron chi connectivity index (χ0n) is 12.2. The van der Waals surface area contributed by atoms with Crippen molar-refractivity contribution in [2.45, 2.75) is 26.3 Å². The van der Waals surface area contributed by atoms with Gasteiger partial charge < -0.3 is 10.4 Å². The molecule has 1 aromatic carbocycles. The zero-order valence-corrected chi connectivity index (χ0v) is 12.2. The number of aliphatic hydroxyl groups is 1. The molecule has 0 heterocycles. The molecule has 0 aromatic heterocycles. The number of non-ortho nitro benzene ring substituents is 1. The number of rotatable bonds is 7. The summed E-state index contributed by atoms with van der Waals surface area (Å²) in [4.78, 5) is 21.9. The van der Waals surface area contributed by atoms with Gasteiger partial charge in [-0.2, -0.15) is 0 Å². The van der Waals surface area contributed by atoms with E-state index in [1.165, 1.54) is 24.3 Å². The van der Waals surface area contributed by atoms with Crippen molar-refractivity contribution < 1.29 is 14.8 Å². The number of hydrogen-bond donors (Lipinski definition) is 2. The third-order valence-electron chi connectivity index (χ3n) is 2.83. The molecule has 0 saturated heterocycles. The maximum absolute atomic E-state index is 11.7. The van der Waals surface area contributed by atoms with Crippen LogP contribution in [0.5, 0.6) is 0 Å². The van der Waals surface area contributed by atoms with Gasteiger partial charge in [0.15, 0.2) is 0 Å². The second-order valence-corrected chi connectivity index (χ2v) is 5.20. The van der Waals surface area contributed by atoms with Crippen LogP contribution in [-0.2, 0) is 4.79 Å². The topological polar surface area (TPSA) is 92.5 Å². The summed E-state index contributed by atoms with van der Waals surface area (Å²) in [5.41, 5.74) is 0.550. The van der Waals surface area contributed by atoms with Crippen molar-refractivity contribution in [3.05, 3.63) is 46.0 Å². The van der Waals surface area contributed by atoms with Crippen molar-refractivity contribution in [3.63, 3.8) is 0 Å². The van der Waals surface area contributed by atoms with E-state index in [1.807, 2.05) is 13.8 Å². The van der Waals surface area contributed by atoms with Crippen LogP contribution in [0, 0.1) is 16.0 Å². The number of nitro benzene ring substituents is 1. The predicted octanol–water partition coefficient (Wildman–Crippen LogP) is 2.13. The number of amides is 1. The average Bonchev–Trinajstić information content (AvgIpc) is 2.44. The fourth-order valence-corrected chi connectivity index (χ4v) is 1.91. The van der Waals surface area contributed by atoms with E-state index in [9.17, 15) is 20.0 Å². The summed E-state index contributed by atoms with van der Waals surface area (Å²) in [6, 6.07) is 5.73. The number of benzene rings is 1. The average molecular weight is 292 g/mol. The van der Waals surface area contributed by atoms with Crippen LogP contribution >= 0.6 is 0 Å². The Bertz CT molecular complexity index is 526. The van der Waals surface area contributed by atoms with Gasteiger partial charge in [0.2, 0.25) is 5.91 Å². The second-order valence-electron chi connectivity index (χ2n) is 5.20. The second kappa shape index (κ2) is 8.16. The molecule has 0 radical (unpaired) electrons. The van der Waals surface area contributed by atoms with Crippen LogP contribution in [0.4, 0.5) is 5.69 Å². The number of carbonyl (C=O) groups is 1. The van der Waals surface area contributed by atoms with Crippen molar-refractivity contribution in [1.82, 2.24) is 5.32 Å². The highest BCUT2D eigenvalue weighted by molar-refractivity contribution is 5.92. The molecule has 2 N–H and O–H groups in total. The molecule has 0 fully saturated rings. The van der Waals surface area contributed by atoms with E-state index in [0.717, 1.165) is 0 Å². The van der Waals surface area contributed by atoms with Crippen molar-refractivity contribution in [2.24, 2.45) is 5.92 Å². The number of carbonyl (C=O) groups excluding carboxylic acids is 1. The van der Waals surface area contributed by atoms with Crippen LogP contribution in [-0.4, -0.2) is 28.6 Å². The molecule has 6 heteroatoms. The van der Waals surface area contributed by atoms with Gasteiger partial charge in [-0.3, -0.25) is 14.9 Å². The number of nitrogens with one attached hydrogen (secondary N) is 1. The van der Waals surface area contributed by atoms with E-state index in [1.54, 1.807) is 12.1 Å². The molecule has 21 heavy (non-hydrogen) atoms. The minimum Gasteiger partial charge on any atom is -0.394 e. The molecule has 0 spiro atoms. The number of nitro groups is 1. The van der Waals surface area contributed by atoms with E-state index in [4.69, 9.17) is 0 Å². The predicted molar refractivity (Wildman–Crippen MR) is 80.6 cm³/mol. The van der Waals surface area contributed by atoms with Gasteiger partial charge in [0.1, 0.15) is 0 Å². The fraction of sp³-hybridized carbons (Fsp3) is 0.400. The molecule has 1 aromatic rings. The number of aliphatic hydroxyl groups excluding tert-OH is 1. The fourth-order valence-electron chi connectivity index (χ4n) is 1.91. The number of hydrogen-bond acceptors (Lipinski definition) is 4. The van der Waals surface area contributed by atoms with Crippen molar-refractivity contribution in [1.29, 1.82) is 0 Å². The van der Waals surface area contributed by atoms with Crippen LogP contribution in [0.2, 0.25) is 0 Å². The standard InChI is InChI=1S/C15H20N2O4/c1-11(2)8-13(10-18)16-15(19)7-6-12-4-3-5-14(9-12)17(20)21/h3-7,9,11,13,18H,8,10H2,1-2H3,(H,16,19)/b7-6+. The Kier molecular flexibility index (Phi) is 6.55. The van der Waals surface area contributed by atoms with Gasteiger partial charge in [-0.05, 0) is 24.0 Å². The van der Waals surface area contributed by atoms with Gasteiger partial charge in [0, 0.05) is 18.2 Å². The van der Waals surface area contributed by atoms with E-state index in [-0.39, 0.29) is 24.2 Å². The summed E-state index contributed by atoms with van der Waals surface area (Å²) < 4.78 is 0. The largest absolute Gasteiger partial charge is 0.394 e. The molecule has 0 bridgehead atoms. The van der Waals surface area contributed by atoms with Crippen LogP contribution in [0.15, 0.2) is 30.3 Å². The summed E-state index contributed by atoms with van der Waals surface area (Å²) >= 11 is 0. The van der Waals surface area contributed by atoms with Crippen LogP contribution < -0.4 is 5.32 Å². The normalized spacial score (nSPS) is 12.6. The molecule has 0 saturated carbocycles. The molecule has 1 rings (SSSR count). The maximum atomic E-state index is 11.7. The van der Waals surface area contributed by atoms with Gasteiger partial charge in [-0.25, -0.2) is 0 Å². The van der Waals surface area contributed by atoms with Crippen molar-refractivity contribution in [3.8, 4) is 0 Å². The molecule has 6 nitrogen and oxygen atoms in total. The van der Waals surface area contributed by atoms with E-state index < -0.39 is 4.92 Å². The zero-order chi connectivity index (χ0) is 15.8. The molecule has 0 aliphatic heterocycles. The first-order valence-corrected chi connectivity index (χ1v) is 6.76. The molecule has 114 valence electrons. The van der Waals surface area contributed by atoms with Gasteiger partial charge >= 0.3 is 0 Å². The number of nitrogens with zero attached hydrogens (tertiary/aromatic N) is 1. The van der Waals surface area contributed by atoms with Crippen molar-refractivity contribution in [2.75, 3.05) is 6.61 Å². The molecule has 0 aliphatic carbocycles. The lowest BCUT2D eigenvalue weighted by atomic mass is 10.0. The molecule has 1 amide bonds. The minimum absolute atomic E-state index is 0.0226. The summed E-state index contributed by atoms with van der Waals surface area (Å²) in [5, 5.41) is 22.5. The summed E-state index contributed by atoms with van der Waals surface area (Å²) in [7, 11) is 0. The lowest BCUT2D eigenvalue weighted by molar-refractivity contribution is -0.384. The summed E-state index contributed by atoms with van der Waals surface area (Å²) in [5.74, 6) is 0.0319. The Morgan fingerprint density at radius 1 is 1.48 bits per heavy atom. The van der Waals surface area contributed by atoms with Crippen LogP contribution in [0.3, 0.4) is 0 Å².